The van der Waals surface area contributed by atoms with E-state index in [-0.39, 0.29) is 0 Å². The van der Waals surface area contributed by atoms with Gasteiger partial charge < -0.3 is 4.74 Å². The van der Waals surface area contributed by atoms with Crippen molar-refractivity contribution < 1.29 is 19.5 Å². The molecule has 0 heterocycles. The van der Waals surface area contributed by atoms with E-state index in [1.54, 1.807) is 12.1 Å². The highest BCUT2D eigenvalue weighted by molar-refractivity contribution is 5.93. The number of carbonyl (C=O) groups is 2. The highest BCUT2D eigenvalue weighted by Crippen LogP contribution is 2.38. The van der Waals surface area contributed by atoms with Crippen LogP contribution in [0.2, 0.25) is 0 Å². The molecule has 5 heteroatoms. The maximum Gasteiger partial charge on any atom is 0.303 e. The molecule has 5 nitrogen and oxygen atoms in total. The molecule has 1 N–H and O–H groups in total. The summed E-state index contributed by atoms with van der Waals surface area (Å²) in [5.74, 6) is -1.25. The Hall–Kier alpha value is -2.66. The Morgan fingerprint density at radius 2 is 1.86 bits per heavy atom. The molecule has 3 rings (SSSR count). The summed E-state index contributed by atoms with van der Waals surface area (Å²) in [4.78, 5) is 22.5. The fourth-order valence-electron chi connectivity index (χ4n) is 2.63. The van der Waals surface area contributed by atoms with Crippen LogP contribution in [0, 0.1) is 0 Å². The van der Waals surface area contributed by atoms with Gasteiger partial charge in [0.1, 0.15) is 0 Å². The number of hydrogen-bond donors (Lipinski definition) is 1. The van der Waals surface area contributed by atoms with E-state index in [1.807, 2.05) is 18.2 Å². The monoisotopic (exact) mass is 297 g/mol. The third kappa shape index (κ3) is 2.58. The van der Waals surface area contributed by atoms with E-state index in [4.69, 9.17) is 0 Å². The maximum atomic E-state index is 11.8. The molecule has 112 valence electrons. The van der Waals surface area contributed by atoms with Crippen LogP contribution in [-0.4, -0.2) is 23.7 Å². The van der Waals surface area contributed by atoms with Crippen LogP contribution in [-0.2, 0) is 20.7 Å². The van der Waals surface area contributed by atoms with Crippen molar-refractivity contribution in [3.05, 3.63) is 53.6 Å². The fraction of sp³-hybridized carbons (Fsp3) is 0.176. The van der Waals surface area contributed by atoms with Crippen molar-refractivity contribution >= 4 is 17.6 Å². The number of nitrogens with zero attached hydrogens (tertiary/aromatic N) is 1. The standard InChI is InChI=1S/C17H15NO4/c1-11(19)22-10-17(20)18(21)14-6-7-16-13(9-14)8-12-4-2-3-5-15(12)16/h2-7,9,21H,8,10H2,1H3. The molecule has 1 amide bonds. The molecule has 0 atom stereocenters. The molecular weight excluding hydrogens is 282 g/mol. The molecule has 0 saturated heterocycles. The fourth-order valence-corrected chi connectivity index (χ4v) is 2.63. The van der Waals surface area contributed by atoms with E-state index < -0.39 is 18.5 Å². The molecule has 0 aliphatic heterocycles. The van der Waals surface area contributed by atoms with E-state index >= 15 is 0 Å². The van der Waals surface area contributed by atoms with Crippen molar-refractivity contribution in [1.82, 2.24) is 0 Å². The Bertz CT molecular complexity index is 754. The van der Waals surface area contributed by atoms with Crippen LogP contribution in [0.25, 0.3) is 11.1 Å². The summed E-state index contributed by atoms with van der Waals surface area (Å²) < 4.78 is 4.60. The first-order valence-corrected chi connectivity index (χ1v) is 6.92. The van der Waals surface area contributed by atoms with Gasteiger partial charge >= 0.3 is 5.97 Å². The molecule has 0 radical (unpaired) electrons. The normalized spacial score (nSPS) is 11.5. The van der Waals surface area contributed by atoms with Crippen molar-refractivity contribution in [3.8, 4) is 11.1 Å². The van der Waals surface area contributed by atoms with Crippen LogP contribution >= 0.6 is 0 Å². The number of anilines is 1. The minimum atomic E-state index is -0.689. The summed E-state index contributed by atoms with van der Waals surface area (Å²) in [6, 6.07) is 13.4. The molecule has 0 unspecified atom stereocenters. The lowest BCUT2D eigenvalue weighted by Crippen LogP contribution is -2.31. The van der Waals surface area contributed by atoms with Crippen molar-refractivity contribution in [2.24, 2.45) is 0 Å². The van der Waals surface area contributed by atoms with Crippen LogP contribution in [0.4, 0.5) is 5.69 Å². The SMILES string of the molecule is CC(=O)OCC(=O)N(O)c1ccc2c(c1)Cc1ccccc1-2. The number of fused-ring (bicyclic) bond motifs is 3. The Labute approximate surface area is 127 Å². The van der Waals surface area contributed by atoms with Crippen molar-refractivity contribution in [2.75, 3.05) is 11.7 Å². The van der Waals surface area contributed by atoms with Gasteiger partial charge in [0, 0.05) is 6.92 Å². The predicted molar refractivity (Wildman–Crippen MR) is 80.6 cm³/mol. The number of amides is 1. The highest BCUT2D eigenvalue weighted by atomic mass is 16.6. The summed E-state index contributed by atoms with van der Waals surface area (Å²) in [5, 5.41) is 10.5. The quantitative estimate of drug-likeness (QED) is 0.458. The second-order valence-electron chi connectivity index (χ2n) is 5.16. The number of hydrogen-bond acceptors (Lipinski definition) is 4. The van der Waals surface area contributed by atoms with Gasteiger partial charge in [-0.1, -0.05) is 30.3 Å². The molecular formula is C17H15NO4. The van der Waals surface area contributed by atoms with E-state index in [2.05, 4.69) is 16.9 Å². The minimum Gasteiger partial charge on any atom is -0.456 e. The topological polar surface area (TPSA) is 66.8 Å². The van der Waals surface area contributed by atoms with Gasteiger partial charge in [-0.25, -0.2) is 0 Å². The molecule has 2 aromatic rings. The third-order valence-corrected chi connectivity index (χ3v) is 3.66. The van der Waals surface area contributed by atoms with Gasteiger partial charge in [0.05, 0.1) is 5.69 Å². The lowest BCUT2D eigenvalue weighted by Gasteiger charge is -2.15. The zero-order valence-corrected chi connectivity index (χ0v) is 12.1. The summed E-state index contributed by atoms with van der Waals surface area (Å²) >= 11 is 0. The number of benzene rings is 2. The van der Waals surface area contributed by atoms with Crippen LogP contribution in [0.1, 0.15) is 18.1 Å². The lowest BCUT2D eigenvalue weighted by molar-refractivity contribution is -0.147. The number of ether oxygens (including phenoxy) is 1. The van der Waals surface area contributed by atoms with E-state index in [9.17, 15) is 14.8 Å². The number of esters is 1. The maximum absolute atomic E-state index is 11.8. The highest BCUT2D eigenvalue weighted by Gasteiger charge is 2.21. The van der Waals surface area contributed by atoms with Gasteiger partial charge in [0.2, 0.25) is 0 Å². The van der Waals surface area contributed by atoms with Gasteiger partial charge in [-0.2, -0.15) is 5.06 Å². The smallest absolute Gasteiger partial charge is 0.303 e. The third-order valence-electron chi connectivity index (χ3n) is 3.66. The lowest BCUT2D eigenvalue weighted by atomic mass is 10.1. The predicted octanol–water partition coefficient (Wildman–Crippen LogP) is 2.54. The second kappa shape index (κ2) is 5.61. The van der Waals surface area contributed by atoms with Gasteiger partial charge in [0.15, 0.2) is 6.61 Å². The summed E-state index contributed by atoms with van der Waals surface area (Å²) in [6.07, 6.45) is 0.769. The molecule has 0 spiro atoms. The first kappa shape index (κ1) is 14.3. The van der Waals surface area contributed by atoms with Crippen molar-refractivity contribution in [2.45, 2.75) is 13.3 Å². The molecule has 0 aromatic heterocycles. The first-order valence-electron chi connectivity index (χ1n) is 6.92. The number of rotatable bonds is 3. The Balaban J connectivity index is 1.82. The molecule has 2 aromatic carbocycles. The Morgan fingerprint density at radius 3 is 2.64 bits per heavy atom. The zero-order chi connectivity index (χ0) is 15.7. The van der Waals surface area contributed by atoms with Crippen molar-refractivity contribution in [3.63, 3.8) is 0 Å². The largest absolute Gasteiger partial charge is 0.456 e. The molecule has 0 saturated carbocycles. The van der Waals surface area contributed by atoms with Crippen LogP contribution in [0.15, 0.2) is 42.5 Å². The summed E-state index contributed by atoms with van der Waals surface area (Å²) in [7, 11) is 0. The van der Waals surface area contributed by atoms with Crippen LogP contribution in [0.3, 0.4) is 0 Å². The van der Waals surface area contributed by atoms with E-state index in [1.165, 1.54) is 18.1 Å². The molecule has 1 aliphatic rings. The second-order valence-corrected chi connectivity index (χ2v) is 5.16. The number of hydroxylamine groups is 1. The van der Waals surface area contributed by atoms with Gasteiger partial charge in [-0.15, -0.1) is 0 Å². The first-order chi connectivity index (χ1) is 10.6. The van der Waals surface area contributed by atoms with Gasteiger partial charge in [0.25, 0.3) is 5.91 Å². The molecule has 22 heavy (non-hydrogen) atoms. The van der Waals surface area contributed by atoms with E-state index in [0.29, 0.717) is 10.8 Å². The Morgan fingerprint density at radius 1 is 1.14 bits per heavy atom. The zero-order valence-electron chi connectivity index (χ0n) is 12.1. The average molecular weight is 297 g/mol. The molecule has 1 aliphatic carbocycles. The van der Waals surface area contributed by atoms with Gasteiger partial charge in [-0.3, -0.25) is 14.8 Å². The molecule has 0 fully saturated rings. The average Bonchev–Trinajstić information content (AvgIpc) is 2.89. The van der Waals surface area contributed by atoms with Crippen LogP contribution < -0.4 is 5.06 Å². The number of carbonyl (C=O) groups excluding carboxylic acids is 2. The van der Waals surface area contributed by atoms with E-state index in [0.717, 1.165) is 17.5 Å². The van der Waals surface area contributed by atoms with Crippen molar-refractivity contribution in [1.29, 1.82) is 0 Å². The summed E-state index contributed by atoms with van der Waals surface area (Å²) in [5.41, 5.74) is 4.94. The Kier molecular flexibility index (Phi) is 3.65. The van der Waals surface area contributed by atoms with Crippen LogP contribution in [0.5, 0.6) is 0 Å². The molecule has 0 bridgehead atoms. The minimum absolute atomic E-state index is 0.365. The summed E-state index contributed by atoms with van der Waals surface area (Å²) in [6.45, 7) is 0.727. The van der Waals surface area contributed by atoms with Gasteiger partial charge in [-0.05, 0) is 40.8 Å².